The topological polar surface area (TPSA) is 55.8 Å². The van der Waals surface area contributed by atoms with E-state index in [4.69, 9.17) is 9.47 Å². The van der Waals surface area contributed by atoms with Gasteiger partial charge in [0, 0.05) is 11.8 Å². The Morgan fingerprint density at radius 3 is 2.67 bits per heavy atom. The molecule has 1 saturated heterocycles. The van der Waals surface area contributed by atoms with Crippen LogP contribution in [-0.2, 0) is 19.1 Å². The van der Waals surface area contributed by atoms with Gasteiger partial charge in [0.2, 0.25) is 0 Å². The first kappa shape index (κ1) is 14.8. The van der Waals surface area contributed by atoms with Gasteiger partial charge < -0.3 is 9.47 Å². The maximum Gasteiger partial charge on any atom is 0.320 e. The quantitative estimate of drug-likeness (QED) is 0.668. The Morgan fingerprint density at radius 2 is 2.00 bits per heavy atom. The fraction of sp³-hybridized carbons (Fsp3) is 0.875. The van der Waals surface area contributed by atoms with Gasteiger partial charge in [-0.2, -0.15) is 0 Å². The summed E-state index contributed by atoms with van der Waals surface area (Å²) in [6, 6.07) is 0. The van der Waals surface area contributed by atoms with Crippen LogP contribution in [0.4, 0.5) is 0 Å². The Kier molecular flexibility index (Phi) is 4.20. The maximum atomic E-state index is 12.2. The molecule has 5 unspecified atom stereocenters. The smallest absolute Gasteiger partial charge is 0.320 e. The Balaban J connectivity index is 1.55. The number of hydrogen-bond acceptors (Lipinski definition) is 5. The van der Waals surface area contributed by atoms with E-state index in [9.17, 15) is 9.59 Å². The van der Waals surface area contributed by atoms with E-state index in [1.54, 1.807) is 0 Å². The van der Waals surface area contributed by atoms with Crippen LogP contribution in [0.5, 0.6) is 0 Å². The third-order valence-corrected chi connectivity index (χ3v) is 5.11. The van der Waals surface area contributed by atoms with Gasteiger partial charge in [-0.05, 0) is 38.8 Å². The van der Waals surface area contributed by atoms with E-state index in [1.165, 1.54) is 0 Å². The van der Waals surface area contributed by atoms with Crippen molar-refractivity contribution in [2.45, 2.75) is 51.7 Å². The van der Waals surface area contributed by atoms with Crippen LogP contribution in [0.25, 0.3) is 0 Å². The van der Waals surface area contributed by atoms with Crippen molar-refractivity contribution >= 4 is 11.9 Å². The third kappa shape index (κ3) is 2.68. The van der Waals surface area contributed by atoms with Gasteiger partial charge in [0.1, 0.15) is 12.2 Å². The van der Waals surface area contributed by atoms with E-state index >= 15 is 0 Å². The van der Waals surface area contributed by atoms with Gasteiger partial charge in [0.15, 0.2) is 0 Å². The summed E-state index contributed by atoms with van der Waals surface area (Å²) in [7, 11) is 0. The zero-order valence-corrected chi connectivity index (χ0v) is 12.9. The predicted molar refractivity (Wildman–Crippen MR) is 76.5 cm³/mol. The second-order valence-corrected chi connectivity index (χ2v) is 6.63. The predicted octanol–water partition coefficient (Wildman–Crippen LogP) is 1.60. The molecule has 1 heterocycles. The molecule has 5 nitrogen and oxygen atoms in total. The standard InChI is InChI=1S/C16H25NO4/c1-3-5-17(6-4-2)9-13(18)20-14-10-7-11-12(8-10)16(19)21-15(11)14/h10-12,14-15H,3-9H2,1-2H3. The Bertz CT molecular complexity index is 419. The Morgan fingerprint density at radius 1 is 1.29 bits per heavy atom. The molecule has 21 heavy (non-hydrogen) atoms. The number of esters is 2. The highest BCUT2D eigenvalue weighted by atomic mass is 16.6. The van der Waals surface area contributed by atoms with E-state index in [0.29, 0.717) is 18.4 Å². The molecule has 0 radical (unpaired) electrons. The fourth-order valence-corrected chi connectivity index (χ4v) is 4.34. The summed E-state index contributed by atoms with van der Waals surface area (Å²) in [6.07, 6.45) is 3.51. The molecule has 118 valence electrons. The molecule has 2 bridgehead atoms. The molecule has 0 amide bonds. The second kappa shape index (κ2) is 5.95. The highest BCUT2D eigenvalue weighted by Gasteiger charge is 2.63. The molecular weight excluding hydrogens is 270 g/mol. The minimum Gasteiger partial charge on any atom is -0.458 e. The SMILES string of the molecule is CCCN(CCC)CC(=O)OC1C2CC3C(=O)OC1C3C2. The molecule has 2 saturated carbocycles. The molecule has 3 rings (SSSR count). The van der Waals surface area contributed by atoms with Gasteiger partial charge >= 0.3 is 11.9 Å². The van der Waals surface area contributed by atoms with Crippen molar-refractivity contribution in [3.05, 3.63) is 0 Å². The van der Waals surface area contributed by atoms with Crippen LogP contribution in [0.2, 0.25) is 0 Å². The average Bonchev–Trinajstić information content (AvgIpc) is 3.04. The molecule has 0 aromatic heterocycles. The zero-order chi connectivity index (χ0) is 15.0. The van der Waals surface area contributed by atoms with E-state index in [0.717, 1.165) is 38.8 Å². The van der Waals surface area contributed by atoms with Gasteiger partial charge in [0.25, 0.3) is 0 Å². The lowest BCUT2D eigenvalue weighted by Gasteiger charge is -2.27. The Labute approximate surface area is 126 Å². The minimum absolute atomic E-state index is 0.0756. The number of carbonyl (C=O) groups is 2. The number of hydrogen-bond donors (Lipinski definition) is 0. The normalized spacial score (nSPS) is 36.3. The number of rotatable bonds is 7. The first-order valence-corrected chi connectivity index (χ1v) is 8.26. The summed E-state index contributed by atoms with van der Waals surface area (Å²) in [5.41, 5.74) is 0. The van der Waals surface area contributed by atoms with Gasteiger partial charge in [-0.3, -0.25) is 14.5 Å². The highest BCUT2D eigenvalue weighted by Crippen LogP contribution is 2.55. The summed E-state index contributed by atoms with van der Waals surface area (Å²) in [5.74, 6) is 0.444. The summed E-state index contributed by atoms with van der Waals surface area (Å²) in [4.78, 5) is 26.0. The average molecular weight is 295 g/mol. The molecule has 3 aliphatic rings. The number of fused-ring (bicyclic) bond motifs is 1. The minimum atomic E-state index is -0.199. The Hall–Kier alpha value is -1.10. The van der Waals surface area contributed by atoms with Crippen molar-refractivity contribution in [2.75, 3.05) is 19.6 Å². The summed E-state index contributed by atoms with van der Waals surface area (Å²) < 4.78 is 11.1. The third-order valence-electron chi connectivity index (χ3n) is 5.11. The summed E-state index contributed by atoms with van der Waals surface area (Å²) >= 11 is 0. The monoisotopic (exact) mass is 295 g/mol. The molecule has 2 aliphatic carbocycles. The van der Waals surface area contributed by atoms with Crippen LogP contribution >= 0.6 is 0 Å². The summed E-state index contributed by atoms with van der Waals surface area (Å²) in [6.45, 7) is 6.41. The van der Waals surface area contributed by atoms with Crippen LogP contribution in [-0.4, -0.2) is 48.7 Å². The van der Waals surface area contributed by atoms with Gasteiger partial charge in [0.05, 0.1) is 12.5 Å². The summed E-state index contributed by atoms with van der Waals surface area (Å²) in [5, 5.41) is 0. The van der Waals surface area contributed by atoms with Crippen molar-refractivity contribution < 1.29 is 19.1 Å². The fourth-order valence-electron chi connectivity index (χ4n) is 4.34. The first-order valence-electron chi connectivity index (χ1n) is 8.26. The maximum absolute atomic E-state index is 12.2. The lowest BCUT2D eigenvalue weighted by molar-refractivity contribution is -0.162. The van der Waals surface area contributed by atoms with Crippen molar-refractivity contribution in [2.24, 2.45) is 17.8 Å². The van der Waals surface area contributed by atoms with Crippen LogP contribution < -0.4 is 0 Å². The number of ether oxygens (including phenoxy) is 2. The van der Waals surface area contributed by atoms with E-state index in [-0.39, 0.29) is 30.1 Å². The van der Waals surface area contributed by atoms with Gasteiger partial charge in [-0.1, -0.05) is 13.8 Å². The number of nitrogens with zero attached hydrogens (tertiary/aromatic N) is 1. The molecule has 0 aromatic rings. The van der Waals surface area contributed by atoms with Crippen LogP contribution in [0, 0.1) is 17.8 Å². The van der Waals surface area contributed by atoms with Crippen LogP contribution in [0.3, 0.4) is 0 Å². The van der Waals surface area contributed by atoms with Crippen LogP contribution in [0.1, 0.15) is 39.5 Å². The number of carbonyl (C=O) groups excluding carboxylic acids is 2. The molecular formula is C16H25NO4. The first-order chi connectivity index (χ1) is 10.1. The molecule has 0 aromatic carbocycles. The van der Waals surface area contributed by atoms with Crippen LogP contribution in [0.15, 0.2) is 0 Å². The molecule has 3 fully saturated rings. The molecule has 5 heteroatoms. The lowest BCUT2D eigenvalue weighted by atomic mass is 9.88. The second-order valence-electron chi connectivity index (χ2n) is 6.63. The molecule has 0 N–H and O–H groups in total. The van der Waals surface area contributed by atoms with E-state index in [2.05, 4.69) is 18.7 Å². The van der Waals surface area contributed by atoms with Crippen molar-refractivity contribution in [3.8, 4) is 0 Å². The van der Waals surface area contributed by atoms with Gasteiger partial charge in [-0.15, -0.1) is 0 Å². The molecule has 5 atom stereocenters. The van der Waals surface area contributed by atoms with Crippen molar-refractivity contribution in [1.29, 1.82) is 0 Å². The lowest BCUT2D eigenvalue weighted by Crippen LogP contribution is -2.39. The van der Waals surface area contributed by atoms with Crippen molar-refractivity contribution in [3.63, 3.8) is 0 Å². The molecule has 1 aliphatic heterocycles. The van der Waals surface area contributed by atoms with E-state index < -0.39 is 0 Å². The van der Waals surface area contributed by atoms with Gasteiger partial charge in [-0.25, -0.2) is 0 Å². The molecule has 0 spiro atoms. The zero-order valence-electron chi connectivity index (χ0n) is 12.9. The van der Waals surface area contributed by atoms with E-state index in [1.807, 2.05) is 0 Å². The highest BCUT2D eigenvalue weighted by molar-refractivity contribution is 5.77. The largest absolute Gasteiger partial charge is 0.458 e. The van der Waals surface area contributed by atoms with Crippen molar-refractivity contribution in [1.82, 2.24) is 4.90 Å².